The van der Waals surface area contributed by atoms with Crippen molar-refractivity contribution in [3.8, 4) is 22.6 Å². The largest absolute Gasteiger partial charge is 0.319 e. The second kappa shape index (κ2) is 16.3. The Morgan fingerprint density at radius 1 is 0.590 bits per heavy atom. The Labute approximate surface area is 377 Å². The summed E-state index contributed by atoms with van der Waals surface area (Å²) in [5.41, 5.74) is 12.2. The first-order valence-electron chi connectivity index (χ1n) is 22.3. The van der Waals surface area contributed by atoms with Crippen LogP contribution in [0.25, 0.3) is 55.5 Å². The van der Waals surface area contributed by atoms with Crippen molar-refractivity contribution in [1.29, 1.82) is 0 Å². The summed E-state index contributed by atoms with van der Waals surface area (Å²) in [5, 5.41) is 2.20. The Balaban J connectivity index is 0.00000518. The molecule has 0 aliphatic rings. The SMILES string of the molecule is [2H]C([2H])([2H])n1[cH+]n(-c2[c-]c(C(c3[c-]c4c(cc3)c3ccccc3n4-c3cc(-c4c(C(C)C)cccc4C(C)C)ccn3)(c3ccccc3)c3ccccc3)ccc2)c2ccccc21.[Pt]. The molecule has 0 aliphatic heterocycles. The van der Waals surface area contributed by atoms with E-state index < -0.39 is 12.4 Å². The van der Waals surface area contributed by atoms with Gasteiger partial charge in [-0.25, -0.2) is 14.1 Å². The van der Waals surface area contributed by atoms with E-state index in [0.29, 0.717) is 17.4 Å². The normalized spacial score (nSPS) is 12.8. The fourth-order valence-corrected chi connectivity index (χ4v) is 9.36. The molecule has 0 bridgehead atoms. The third-order valence-corrected chi connectivity index (χ3v) is 12.1. The van der Waals surface area contributed by atoms with E-state index in [1.807, 2.05) is 59.3 Å². The van der Waals surface area contributed by atoms with Gasteiger partial charge in [0.2, 0.25) is 0 Å². The summed E-state index contributed by atoms with van der Waals surface area (Å²) >= 11 is 0. The third-order valence-electron chi connectivity index (χ3n) is 12.1. The average Bonchev–Trinajstić information content (AvgIpc) is 3.87. The molecule has 10 aromatic rings. The molecule has 0 N–H and O–H groups in total. The van der Waals surface area contributed by atoms with Crippen molar-refractivity contribution in [2.24, 2.45) is 6.98 Å². The van der Waals surface area contributed by atoms with Gasteiger partial charge in [-0.2, -0.15) is 30.3 Å². The van der Waals surface area contributed by atoms with Crippen molar-refractivity contribution < 1.29 is 25.2 Å². The van der Waals surface area contributed by atoms with Crippen molar-refractivity contribution in [1.82, 2.24) is 18.7 Å². The summed E-state index contributed by atoms with van der Waals surface area (Å²) in [4.78, 5) is 5.10. The number of aryl methyl sites for hydroxylation is 1. The summed E-state index contributed by atoms with van der Waals surface area (Å²) in [5.74, 6) is 1.51. The molecule has 0 aliphatic carbocycles. The molecule has 0 saturated carbocycles. The predicted molar refractivity (Wildman–Crippen MR) is 248 cm³/mol. The van der Waals surface area contributed by atoms with E-state index in [2.05, 4.69) is 166 Å². The smallest absolute Gasteiger partial charge is 0.188 e. The first kappa shape index (κ1) is 36.5. The van der Waals surface area contributed by atoms with Crippen LogP contribution in [-0.4, -0.2) is 18.7 Å². The first-order chi connectivity index (χ1) is 30.6. The van der Waals surface area contributed by atoms with Gasteiger partial charge in [-0.05, 0) is 80.9 Å². The molecule has 0 amide bonds. The van der Waals surface area contributed by atoms with E-state index in [-0.39, 0.29) is 21.1 Å². The molecule has 61 heavy (non-hydrogen) atoms. The van der Waals surface area contributed by atoms with Crippen LogP contribution in [-0.2, 0) is 33.5 Å². The maximum Gasteiger partial charge on any atom is 0.188 e. The summed E-state index contributed by atoms with van der Waals surface area (Å²) in [6, 6.07) is 66.9. The fraction of sp³-hybridized carbons (Fsp3) is 0.143. The van der Waals surface area contributed by atoms with Crippen LogP contribution in [0.4, 0.5) is 0 Å². The zero-order valence-electron chi connectivity index (χ0n) is 37.6. The summed E-state index contributed by atoms with van der Waals surface area (Å²) in [6.07, 6.45) is 3.61. The molecule has 302 valence electrons. The van der Waals surface area contributed by atoms with E-state index in [0.717, 1.165) is 66.6 Å². The van der Waals surface area contributed by atoms with Crippen molar-refractivity contribution >= 4 is 32.8 Å². The minimum absolute atomic E-state index is 0. The van der Waals surface area contributed by atoms with Crippen LogP contribution < -0.4 is 0 Å². The van der Waals surface area contributed by atoms with Crippen LogP contribution >= 0.6 is 0 Å². The Morgan fingerprint density at radius 2 is 1.20 bits per heavy atom. The molecule has 0 spiro atoms. The second-order valence-corrected chi connectivity index (χ2v) is 16.3. The summed E-state index contributed by atoms with van der Waals surface area (Å²) in [6.45, 7) is 6.69. The Morgan fingerprint density at radius 3 is 1.87 bits per heavy atom. The molecule has 10 rings (SSSR count). The molecular weight excluding hydrogens is 924 g/mol. The quantitative estimate of drug-likeness (QED) is 0.105. The van der Waals surface area contributed by atoms with Gasteiger partial charge < -0.3 is 4.57 Å². The van der Waals surface area contributed by atoms with Gasteiger partial charge in [-0.3, -0.25) is 0 Å². The van der Waals surface area contributed by atoms with Crippen molar-refractivity contribution in [3.63, 3.8) is 0 Å². The molecule has 0 unspecified atom stereocenters. The van der Waals surface area contributed by atoms with Crippen LogP contribution in [0.15, 0.2) is 182 Å². The Bertz CT molecular complexity index is 3230. The number of imidazole rings is 1. The third kappa shape index (κ3) is 6.65. The van der Waals surface area contributed by atoms with E-state index in [9.17, 15) is 0 Å². The van der Waals surface area contributed by atoms with Gasteiger partial charge in [0.15, 0.2) is 17.4 Å². The Hall–Kier alpha value is -6.35. The molecule has 0 fully saturated rings. The fourth-order valence-electron chi connectivity index (χ4n) is 9.36. The van der Waals surface area contributed by atoms with E-state index in [1.54, 1.807) is 6.33 Å². The molecule has 3 aromatic heterocycles. The number of rotatable bonds is 9. The monoisotopic (exact) mass is 973 g/mol. The van der Waals surface area contributed by atoms with E-state index in [1.165, 1.54) is 21.3 Å². The average molecular weight is 974 g/mol. The summed E-state index contributed by atoms with van der Waals surface area (Å²) < 4.78 is 30.7. The minimum Gasteiger partial charge on any atom is -0.319 e. The number of nitrogens with zero attached hydrogens (tertiary/aromatic N) is 4. The Kier molecular flexibility index (Phi) is 9.72. The molecule has 3 heterocycles. The number of fused-ring (bicyclic) bond motifs is 4. The number of aromatic nitrogens is 4. The van der Waals surface area contributed by atoms with Crippen molar-refractivity contribution in [3.05, 3.63) is 228 Å². The van der Waals surface area contributed by atoms with E-state index >= 15 is 0 Å². The first-order valence-corrected chi connectivity index (χ1v) is 20.8. The van der Waals surface area contributed by atoms with Crippen LogP contribution in [0, 0.1) is 12.1 Å². The van der Waals surface area contributed by atoms with Gasteiger partial charge in [-0.1, -0.05) is 136 Å². The number of para-hydroxylation sites is 3. The van der Waals surface area contributed by atoms with Gasteiger partial charge in [0.25, 0.3) is 0 Å². The number of pyridine rings is 1. The van der Waals surface area contributed by atoms with Crippen LogP contribution in [0.1, 0.15) is 77.0 Å². The van der Waals surface area contributed by atoms with Crippen molar-refractivity contribution in [2.45, 2.75) is 44.9 Å². The van der Waals surface area contributed by atoms with Crippen LogP contribution in [0.5, 0.6) is 0 Å². The molecular formula is C56H47N4Pt-. The molecule has 0 radical (unpaired) electrons. The van der Waals surface area contributed by atoms with Crippen LogP contribution in [0.2, 0.25) is 0 Å². The van der Waals surface area contributed by atoms with Gasteiger partial charge in [0.05, 0.1) is 0 Å². The molecule has 4 nitrogen and oxygen atoms in total. The van der Waals surface area contributed by atoms with Gasteiger partial charge in [0.1, 0.15) is 5.82 Å². The number of benzene rings is 7. The molecule has 0 atom stereocenters. The van der Waals surface area contributed by atoms with Crippen LogP contribution in [0.3, 0.4) is 0 Å². The zero-order valence-corrected chi connectivity index (χ0v) is 36.9. The summed E-state index contributed by atoms with van der Waals surface area (Å²) in [7, 11) is 0. The maximum absolute atomic E-state index is 8.36. The predicted octanol–water partition coefficient (Wildman–Crippen LogP) is 13.6. The molecule has 7 aromatic carbocycles. The van der Waals surface area contributed by atoms with Gasteiger partial charge in [0, 0.05) is 67.1 Å². The zero-order chi connectivity index (χ0) is 43.5. The standard InChI is InChI=1S/C56H47N4.Pt/c1-38(2)46-25-17-26-47(39(3)4)55(46)40-32-33-57-54(34-40)60-50-27-13-12-24-48(50)49-31-30-44(36-53(49)60)56(41-18-8-6-9-19-41,42-20-10-7-11-21-42)43-22-16-23-45(35-43)59-37-58(5)51-28-14-15-29-52(51)59;/h6-34,37-39H,1-5H3;/q-1;/i5D3;. The number of hydrogen-bond acceptors (Lipinski definition) is 1. The van der Waals surface area contributed by atoms with Gasteiger partial charge in [-0.15, -0.1) is 22.6 Å². The number of hydrogen-bond donors (Lipinski definition) is 0. The van der Waals surface area contributed by atoms with E-state index in [4.69, 9.17) is 9.10 Å². The molecule has 0 saturated heterocycles. The maximum atomic E-state index is 8.36. The van der Waals surface area contributed by atoms with Crippen molar-refractivity contribution in [2.75, 3.05) is 0 Å². The second-order valence-electron chi connectivity index (χ2n) is 16.3. The topological polar surface area (TPSA) is 27.7 Å². The van der Waals surface area contributed by atoms with Gasteiger partial charge >= 0.3 is 0 Å². The minimum atomic E-state index is -2.37. The molecule has 5 heteroatoms.